The minimum Gasteiger partial charge on any atom is -0.460 e. The lowest BCUT2D eigenvalue weighted by Crippen LogP contribution is -2.48. The average molecular weight is 447 g/mol. The molecule has 0 bridgehead atoms. The molecule has 0 aromatic carbocycles. The van der Waals surface area contributed by atoms with Crippen LogP contribution >= 0.6 is 0 Å². The summed E-state index contributed by atoms with van der Waals surface area (Å²) in [6.07, 6.45) is 0.0926. The van der Waals surface area contributed by atoms with Crippen molar-refractivity contribution in [3.05, 3.63) is 0 Å². The van der Waals surface area contributed by atoms with E-state index in [9.17, 15) is 4.79 Å². The molecule has 0 radical (unpaired) electrons. The zero-order valence-electron chi connectivity index (χ0n) is 24.4. The maximum Gasteiger partial charge on any atom is 0.311 e. The van der Waals surface area contributed by atoms with Crippen molar-refractivity contribution in [1.29, 1.82) is 0 Å². The predicted octanol–water partition coefficient (Wildman–Crippen LogP) is 6.88. The Kier molecular flexibility index (Phi) is 13.5. The predicted molar refractivity (Wildman–Crippen MR) is 136 cm³/mol. The van der Waals surface area contributed by atoms with E-state index in [1.54, 1.807) is 0 Å². The van der Waals surface area contributed by atoms with Gasteiger partial charge in [-0.2, -0.15) is 0 Å². The van der Waals surface area contributed by atoms with Crippen molar-refractivity contribution in [2.24, 2.45) is 22.1 Å². The molecule has 0 heterocycles. The molecular formula is C26H58N2O3. The quantitative estimate of drug-likeness (QED) is 0.339. The van der Waals surface area contributed by atoms with E-state index in [0.717, 1.165) is 0 Å². The van der Waals surface area contributed by atoms with Gasteiger partial charge in [0.05, 0.1) is 11.5 Å². The van der Waals surface area contributed by atoms with Gasteiger partial charge in [0.1, 0.15) is 5.60 Å². The fourth-order valence-corrected chi connectivity index (χ4v) is 3.26. The lowest BCUT2D eigenvalue weighted by Gasteiger charge is -2.38. The van der Waals surface area contributed by atoms with Crippen molar-refractivity contribution < 1.29 is 14.4 Å². The first-order valence-corrected chi connectivity index (χ1v) is 11.4. The molecule has 0 aliphatic carbocycles. The Balaban J connectivity index is -0.000000382. The summed E-state index contributed by atoms with van der Waals surface area (Å²) in [5, 5.41) is 3.46. The van der Waals surface area contributed by atoms with Crippen LogP contribution in [0.5, 0.6) is 0 Å². The number of carbonyl (C=O) groups excluding carboxylic acids is 1. The Morgan fingerprint density at radius 3 is 0.968 bits per heavy atom. The summed E-state index contributed by atoms with van der Waals surface area (Å²) in [7, 11) is 0. The van der Waals surface area contributed by atoms with Crippen molar-refractivity contribution in [3.8, 4) is 0 Å². The van der Waals surface area contributed by atoms with Gasteiger partial charge in [0.25, 0.3) is 0 Å². The summed E-state index contributed by atoms with van der Waals surface area (Å²) in [5.74, 6) is 5.10. The zero-order chi connectivity index (χ0) is 26.3. The van der Waals surface area contributed by atoms with Crippen LogP contribution in [0.4, 0.5) is 0 Å². The van der Waals surface area contributed by atoms with Crippen LogP contribution in [-0.2, 0) is 14.4 Å². The minimum atomic E-state index is -0.396. The summed E-state index contributed by atoms with van der Waals surface area (Å²) in [6.45, 7) is 37.0. The van der Waals surface area contributed by atoms with Gasteiger partial charge in [-0.15, -0.1) is 0 Å². The van der Waals surface area contributed by atoms with E-state index >= 15 is 0 Å². The van der Waals surface area contributed by atoms with Gasteiger partial charge in [0.15, 0.2) is 0 Å². The van der Waals surface area contributed by atoms with Gasteiger partial charge in [0, 0.05) is 11.1 Å². The van der Waals surface area contributed by atoms with Crippen molar-refractivity contribution in [2.75, 3.05) is 0 Å². The topological polar surface area (TPSA) is 73.6 Å². The number of carbonyl (C=O) groups is 1. The molecule has 0 amide bonds. The first-order chi connectivity index (χ1) is 13.0. The molecule has 5 heteroatoms. The highest BCUT2D eigenvalue weighted by molar-refractivity contribution is 5.75. The maximum atomic E-state index is 11.3. The summed E-state index contributed by atoms with van der Waals surface area (Å²) >= 11 is 0. The summed E-state index contributed by atoms with van der Waals surface area (Å²) in [6, 6.07) is 0. The highest BCUT2D eigenvalue weighted by atomic mass is 16.6. The van der Waals surface area contributed by atoms with Gasteiger partial charge in [-0.05, 0) is 93.9 Å². The van der Waals surface area contributed by atoms with Crippen LogP contribution < -0.4 is 11.2 Å². The molecule has 0 spiro atoms. The fourth-order valence-electron chi connectivity index (χ4n) is 3.26. The molecule has 0 aromatic rings. The van der Waals surface area contributed by atoms with Crippen molar-refractivity contribution in [2.45, 2.75) is 147 Å². The fraction of sp³-hybridized carbons (Fsp3) is 0.962. The molecule has 5 nitrogen and oxygen atoms in total. The SMILES string of the molecule is CC(C)(C)C(ON)C(C)(C)C.CC(C)(C)NC(C)(C)C.CC(C)(C)OC(=O)C(C)(C)C. The minimum absolute atomic E-state index is 0.0926. The first-order valence-electron chi connectivity index (χ1n) is 11.4. The molecule has 31 heavy (non-hydrogen) atoms. The molecule has 190 valence electrons. The van der Waals surface area contributed by atoms with E-state index in [1.807, 2.05) is 41.5 Å². The lowest BCUT2D eigenvalue weighted by molar-refractivity contribution is -0.164. The van der Waals surface area contributed by atoms with Crippen LogP contribution in [0, 0.1) is 16.2 Å². The second-order valence-electron chi connectivity index (χ2n) is 14.6. The monoisotopic (exact) mass is 446 g/mol. The van der Waals surface area contributed by atoms with Gasteiger partial charge in [0.2, 0.25) is 0 Å². The Labute approximate surface area is 195 Å². The molecule has 0 rings (SSSR count). The normalized spacial score (nSPS) is 13.7. The maximum absolute atomic E-state index is 11.3. The van der Waals surface area contributed by atoms with Crippen LogP contribution in [0.1, 0.15) is 125 Å². The molecule has 0 aromatic heterocycles. The van der Waals surface area contributed by atoms with Crippen molar-refractivity contribution in [3.63, 3.8) is 0 Å². The number of hydrogen-bond donors (Lipinski definition) is 2. The summed E-state index contributed by atoms with van der Waals surface area (Å²) < 4.78 is 5.16. The van der Waals surface area contributed by atoms with Gasteiger partial charge in [-0.1, -0.05) is 41.5 Å². The second-order valence-corrected chi connectivity index (χ2v) is 14.6. The van der Waals surface area contributed by atoms with Gasteiger partial charge in [-0.25, -0.2) is 5.90 Å². The number of nitrogens with one attached hydrogen (secondary N) is 1. The van der Waals surface area contributed by atoms with Gasteiger partial charge >= 0.3 is 5.97 Å². The zero-order valence-corrected chi connectivity index (χ0v) is 24.4. The average Bonchev–Trinajstić information content (AvgIpc) is 2.28. The van der Waals surface area contributed by atoms with E-state index < -0.39 is 5.41 Å². The number of ether oxygens (including phenoxy) is 1. The molecule has 0 atom stereocenters. The standard InChI is InChI=1S/C9H21NO.C9H18O2.C8H19N/c1-8(2,3)7(11-10)9(4,5)6;1-8(2,3)7(10)11-9(4,5)6;1-7(2,3)9-8(4,5)6/h7H,10H2,1-6H3;1-6H3;9H,1-6H3. The Morgan fingerprint density at radius 2 is 0.935 bits per heavy atom. The van der Waals surface area contributed by atoms with Gasteiger partial charge < -0.3 is 14.9 Å². The third kappa shape index (κ3) is 23.8. The highest BCUT2D eigenvalue weighted by Gasteiger charge is 2.35. The number of nitrogens with two attached hydrogens (primary N) is 1. The first kappa shape index (κ1) is 35.0. The molecule has 0 aliphatic rings. The van der Waals surface area contributed by atoms with Crippen molar-refractivity contribution in [1.82, 2.24) is 5.32 Å². The van der Waals surface area contributed by atoms with E-state index in [1.165, 1.54) is 0 Å². The van der Waals surface area contributed by atoms with Gasteiger partial charge in [-0.3, -0.25) is 4.79 Å². The second kappa shape index (κ2) is 12.0. The third-order valence-corrected chi connectivity index (χ3v) is 3.47. The summed E-state index contributed by atoms with van der Waals surface area (Å²) in [4.78, 5) is 16.2. The van der Waals surface area contributed by atoms with E-state index in [-0.39, 0.29) is 39.6 Å². The van der Waals surface area contributed by atoms with Crippen LogP contribution in [0.25, 0.3) is 0 Å². The van der Waals surface area contributed by atoms with E-state index in [0.29, 0.717) is 0 Å². The highest BCUT2D eigenvalue weighted by Crippen LogP contribution is 2.34. The largest absolute Gasteiger partial charge is 0.460 e. The van der Waals surface area contributed by atoms with Crippen LogP contribution in [0.2, 0.25) is 0 Å². The van der Waals surface area contributed by atoms with Crippen LogP contribution in [0.3, 0.4) is 0 Å². The third-order valence-electron chi connectivity index (χ3n) is 3.47. The molecule has 3 N–H and O–H groups in total. The molecule has 0 saturated carbocycles. The van der Waals surface area contributed by atoms with Crippen LogP contribution in [0.15, 0.2) is 0 Å². The Hall–Kier alpha value is -0.650. The Bertz CT molecular complexity index is 474. The molecule has 0 unspecified atom stereocenters. The lowest BCUT2D eigenvalue weighted by atomic mass is 9.74. The molecular weight excluding hydrogens is 388 g/mol. The number of hydrogen-bond acceptors (Lipinski definition) is 5. The van der Waals surface area contributed by atoms with E-state index in [4.69, 9.17) is 15.5 Å². The Morgan fingerprint density at radius 1 is 0.645 bits per heavy atom. The van der Waals surface area contributed by atoms with Crippen LogP contribution in [-0.4, -0.2) is 28.8 Å². The van der Waals surface area contributed by atoms with E-state index in [2.05, 4.69) is 88.4 Å². The molecule has 0 aliphatic heterocycles. The smallest absolute Gasteiger partial charge is 0.311 e. The van der Waals surface area contributed by atoms with Crippen molar-refractivity contribution >= 4 is 5.97 Å². The number of rotatable bonds is 1. The molecule has 0 fully saturated rings. The number of esters is 1. The molecule has 0 saturated heterocycles. The summed E-state index contributed by atoms with van der Waals surface area (Å²) in [5.41, 5.74) is -0.0891.